The van der Waals surface area contributed by atoms with Gasteiger partial charge in [-0.15, -0.1) is 11.3 Å². The summed E-state index contributed by atoms with van der Waals surface area (Å²) in [6.07, 6.45) is 5.99. The topological polar surface area (TPSA) is 96.4 Å². The maximum Gasteiger partial charge on any atom is 0.307 e. The number of allylic oxidation sites excluding steroid dienone is 2. The standard InChI is InChI=1S/C16H16N2O4S/c1-7(19)10-6-23-15(17-10)18-13(20)11-8-2-3-9(12(11)14(21)22)16(8)4-5-16/h2-3,6,8-9,11-12H,4-5H2,1H3,(H,21,22)(H,17,18,20)/t8-,9+,11+,12+/m0/s1. The quantitative estimate of drug-likeness (QED) is 0.651. The maximum absolute atomic E-state index is 12.7. The van der Waals surface area contributed by atoms with E-state index in [1.54, 1.807) is 5.38 Å². The Balaban J connectivity index is 1.58. The minimum atomic E-state index is -0.906. The van der Waals surface area contributed by atoms with Crippen LogP contribution in [0, 0.1) is 29.1 Å². The Labute approximate surface area is 136 Å². The molecule has 0 unspecified atom stereocenters. The number of anilines is 1. The number of nitrogens with zero attached hydrogens (tertiary/aromatic N) is 1. The zero-order chi connectivity index (χ0) is 16.4. The van der Waals surface area contributed by atoms with Crippen molar-refractivity contribution in [1.82, 2.24) is 4.98 Å². The lowest BCUT2D eigenvalue weighted by Crippen LogP contribution is -2.36. The van der Waals surface area contributed by atoms with Crippen molar-refractivity contribution in [3.05, 3.63) is 23.2 Å². The third kappa shape index (κ3) is 1.99. The molecule has 0 radical (unpaired) electrons. The molecule has 2 fully saturated rings. The fourth-order valence-electron chi connectivity index (χ4n) is 4.37. The number of ketones is 1. The van der Waals surface area contributed by atoms with E-state index < -0.39 is 17.8 Å². The minimum absolute atomic E-state index is 0.000778. The van der Waals surface area contributed by atoms with Crippen LogP contribution in [0.2, 0.25) is 0 Å². The molecule has 3 aliphatic carbocycles. The van der Waals surface area contributed by atoms with Gasteiger partial charge in [0.25, 0.3) is 0 Å². The van der Waals surface area contributed by atoms with Crippen LogP contribution in [0.1, 0.15) is 30.3 Å². The second-order valence-electron chi connectivity index (χ2n) is 6.64. The number of Topliss-reactive ketones (excluding diaryl/α,β-unsaturated/α-hetero) is 1. The number of aliphatic carboxylic acids is 1. The fraction of sp³-hybridized carbons (Fsp3) is 0.500. The number of carboxylic acids is 1. The predicted molar refractivity (Wildman–Crippen MR) is 83.2 cm³/mol. The van der Waals surface area contributed by atoms with Crippen LogP contribution in [0.5, 0.6) is 0 Å². The smallest absolute Gasteiger partial charge is 0.307 e. The molecule has 2 N–H and O–H groups in total. The van der Waals surface area contributed by atoms with Crippen molar-refractivity contribution in [3.63, 3.8) is 0 Å². The Morgan fingerprint density at radius 2 is 1.91 bits per heavy atom. The molecular weight excluding hydrogens is 316 g/mol. The lowest BCUT2D eigenvalue weighted by Gasteiger charge is -2.23. The molecule has 7 heteroatoms. The van der Waals surface area contributed by atoms with Crippen molar-refractivity contribution in [2.75, 3.05) is 5.32 Å². The van der Waals surface area contributed by atoms with Gasteiger partial charge >= 0.3 is 5.97 Å². The number of carboxylic acid groups (broad SMARTS) is 1. The van der Waals surface area contributed by atoms with Crippen LogP contribution in [0.4, 0.5) is 5.13 Å². The number of nitrogens with one attached hydrogen (secondary N) is 1. The van der Waals surface area contributed by atoms with E-state index in [0.29, 0.717) is 10.8 Å². The third-order valence-electron chi connectivity index (χ3n) is 5.52. The Kier molecular flexibility index (Phi) is 3.00. The van der Waals surface area contributed by atoms with E-state index in [2.05, 4.69) is 10.3 Å². The van der Waals surface area contributed by atoms with Crippen molar-refractivity contribution in [3.8, 4) is 0 Å². The van der Waals surface area contributed by atoms with Gasteiger partial charge < -0.3 is 10.4 Å². The normalized spacial score (nSPS) is 32.2. The average molecular weight is 332 g/mol. The molecule has 0 aromatic carbocycles. The summed E-state index contributed by atoms with van der Waals surface area (Å²) in [6.45, 7) is 1.42. The van der Waals surface area contributed by atoms with E-state index in [0.717, 1.165) is 12.8 Å². The highest BCUT2D eigenvalue weighted by molar-refractivity contribution is 7.14. The highest BCUT2D eigenvalue weighted by Crippen LogP contribution is 2.72. The van der Waals surface area contributed by atoms with Gasteiger partial charge in [-0.2, -0.15) is 0 Å². The summed E-state index contributed by atoms with van der Waals surface area (Å²) >= 11 is 1.18. The van der Waals surface area contributed by atoms with Gasteiger partial charge in [-0.3, -0.25) is 14.4 Å². The van der Waals surface area contributed by atoms with Gasteiger partial charge in [0.1, 0.15) is 5.69 Å². The summed E-state index contributed by atoms with van der Waals surface area (Å²) < 4.78 is 0. The molecule has 4 rings (SSSR count). The molecule has 2 bridgehead atoms. The fourth-order valence-corrected chi connectivity index (χ4v) is 5.12. The first-order valence-electron chi connectivity index (χ1n) is 7.62. The average Bonchev–Trinajstić information content (AvgIpc) is 2.91. The van der Waals surface area contributed by atoms with Crippen LogP contribution < -0.4 is 5.32 Å². The zero-order valence-electron chi connectivity index (χ0n) is 12.5. The van der Waals surface area contributed by atoms with Gasteiger partial charge in [-0.25, -0.2) is 4.98 Å². The summed E-state index contributed by atoms with van der Waals surface area (Å²) in [4.78, 5) is 39.7. The van der Waals surface area contributed by atoms with Crippen molar-refractivity contribution in [2.45, 2.75) is 19.8 Å². The van der Waals surface area contributed by atoms with Crippen molar-refractivity contribution in [2.24, 2.45) is 29.1 Å². The van der Waals surface area contributed by atoms with Crippen molar-refractivity contribution in [1.29, 1.82) is 0 Å². The molecular formula is C16H16N2O4S. The molecule has 23 heavy (non-hydrogen) atoms. The lowest BCUT2D eigenvalue weighted by molar-refractivity contribution is -0.146. The van der Waals surface area contributed by atoms with E-state index in [-0.39, 0.29) is 28.9 Å². The van der Waals surface area contributed by atoms with Crippen molar-refractivity contribution < 1.29 is 19.5 Å². The molecule has 1 aromatic rings. The van der Waals surface area contributed by atoms with E-state index in [9.17, 15) is 19.5 Å². The monoisotopic (exact) mass is 332 g/mol. The summed E-state index contributed by atoms with van der Waals surface area (Å²) in [5.41, 5.74) is 0.310. The summed E-state index contributed by atoms with van der Waals surface area (Å²) in [7, 11) is 0. The molecule has 0 saturated heterocycles. The van der Waals surface area contributed by atoms with E-state index in [1.807, 2.05) is 12.2 Å². The largest absolute Gasteiger partial charge is 0.481 e. The summed E-state index contributed by atoms with van der Waals surface area (Å²) in [5.74, 6) is -2.63. The van der Waals surface area contributed by atoms with Gasteiger partial charge in [0.15, 0.2) is 10.9 Å². The number of amides is 1. The Morgan fingerprint density at radius 3 is 2.43 bits per heavy atom. The summed E-state index contributed by atoms with van der Waals surface area (Å²) in [6, 6.07) is 0. The highest BCUT2D eigenvalue weighted by atomic mass is 32.1. The number of carbonyl (C=O) groups is 3. The molecule has 1 amide bonds. The molecule has 0 aliphatic heterocycles. The van der Waals surface area contributed by atoms with Crippen LogP contribution >= 0.6 is 11.3 Å². The van der Waals surface area contributed by atoms with Gasteiger partial charge in [-0.1, -0.05) is 12.2 Å². The molecule has 120 valence electrons. The van der Waals surface area contributed by atoms with E-state index in [4.69, 9.17) is 0 Å². The Morgan fingerprint density at radius 1 is 1.26 bits per heavy atom. The molecule has 1 spiro atoms. The molecule has 1 heterocycles. The second kappa shape index (κ2) is 4.74. The first-order chi connectivity index (χ1) is 10.9. The highest BCUT2D eigenvalue weighted by Gasteiger charge is 2.70. The molecule has 2 saturated carbocycles. The van der Waals surface area contributed by atoms with Gasteiger partial charge in [-0.05, 0) is 30.1 Å². The van der Waals surface area contributed by atoms with Gasteiger partial charge in [0, 0.05) is 12.3 Å². The molecule has 1 aromatic heterocycles. The van der Waals surface area contributed by atoms with Gasteiger partial charge in [0.2, 0.25) is 5.91 Å². The first kappa shape index (κ1) is 14.6. The maximum atomic E-state index is 12.7. The van der Waals surface area contributed by atoms with Crippen LogP contribution in [-0.4, -0.2) is 27.8 Å². The SMILES string of the molecule is CC(=O)c1csc(NC(=O)[C@H]2[C@H](C(=O)O)[C@H]3C=C[C@@H]2C32CC2)n1. The van der Waals surface area contributed by atoms with E-state index >= 15 is 0 Å². The molecule has 3 aliphatic rings. The number of hydrogen-bond donors (Lipinski definition) is 2. The van der Waals surface area contributed by atoms with Crippen LogP contribution in [-0.2, 0) is 9.59 Å². The van der Waals surface area contributed by atoms with E-state index in [1.165, 1.54) is 18.3 Å². The molecule has 6 nitrogen and oxygen atoms in total. The number of rotatable bonds is 4. The number of thiazole rings is 1. The number of hydrogen-bond acceptors (Lipinski definition) is 5. The third-order valence-corrected chi connectivity index (χ3v) is 6.28. The van der Waals surface area contributed by atoms with Crippen molar-refractivity contribution >= 4 is 34.1 Å². The molecule has 4 atom stereocenters. The summed E-state index contributed by atoms with van der Waals surface area (Å²) in [5, 5.41) is 14.2. The first-order valence-corrected chi connectivity index (χ1v) is 8.50. The second-order valence-corrected chi connectivity index (χ2v) is 7.50. The van der Waals surface area contributed by atoms with Crippen LogP contribution in [0.25, 0.3) is 0 Å². The minimum Gasteiger partial charge on any atom is -0.481 e. The zero-order valence-corrected chi connectivity index (χ0v) is 13.3. The lowest BCUT2D eigenvalue weighted by atomic mass is 9.82. The number of aromatic nitrogens is 1. The Hall–Kier alpha value is -2.02. The van der Waals surface area contributed by atoms with Crippen LogP contribution in [0.3, 0.4) is 0 Å². The van der Waals surface area contributed by atoms with Crippen LogP contribution in [0.15, 0.2) is 17.5 Å². The van der Waals surface area contributed by atoms with Gasteiger partial charge in [0.05, 0.1) is 11.8 Å². The number of carbonyl (C=O) groups excluding carboxylic acids is 2. The Bertz CT molecular complexity index is 749. The predicted octanol–water partition coefficient (Wildman–Crippen LogP) is 2.20.